The van der Waals surface area contributed by atoms with Crippen molar-refractivity contribution in [2.75, 3.05) is 16.6 Å². The molecule has 2 aliphatic heterocycles. The molecule has 0 aliphatic carbocycles. The molecule has 0 radical (unpaired) electrons. The van der Waals surface area contributed by atoms with E-state index >= 15 is 0 Å². The van der Waals surface area contributed by atoms with Gasteiger partial charge >= 0.3 is 0 Å². The van der Waals surface area contributed by atoms with Crippen LogP contribution in [0.15, 0.2) is 84.9 Å². The van der Waals surface area contributed by atoms with Crippen molar-refractivity contribution in [2.45, 2.75) is 31.9 Å². The first kappa shape index (κ1) is 21.2. The first-order valence-electron chi connectivity index (χ1n) is 11.4. The number of hydrogen-bond acceptors (Lipinski definition) is 5. The van der Waals surface area contributed by atoms with Crippen LogP contribution < -0.4 is 14.7 Å². The Bertz CT molecular complexity index is 1120. The van der Waals surface area contributed by atoms with E-state index in [1.54, 1.807) is 29.3 Å². The van der Waals surface area contributed by atoms with E-state index in [4.69, 9.17) is 9.57 Å². The van der Waals surface area contributed by atoms with Crippen LogP contribution in [-0.4, -0.2) is 24.5 Å². The summed E-state index contributed by atoms with van der Waals surface area (Å²) >= 11 is 0. The Hall–Kier alpha value is -3.64. The topological polar surface area (TPSA) is 59.1 Å². The van der Waals surface area contributed by atoms with Crippen LogP contribution in [0.25, 0.3) is 0 Å². The number of benzene rings is 3. The number of para-hydroxylation sites is 1. The number of carbonyl (C=O) groups excluding carboxylic acids is 2. The maximum atomic E-state index is 13.6. The van der Waals surface area contributed by atoms with Crippen LogP contribution in [0.4, 0.5) is 11.4 Å². The summed E-state index contributed by atoms with van der Waals surface area (Å²) in [6.45, 7) is 2.75. The fourth-order valence-corrected chi connectivity index (χ4v) is 4.48. The highest BCUT2D eigenvalue weighted by molar-refractivity contribution is 6.23. The van der Waals surface area contributed by atoms with Crippen molar-refractivity contribution in [3.8, 4) is 5.75 Å². The van der Waals surface area contributed by atoms with Gasteiger partial charge in [-0.25, -0.2) is 9.96 Å². The second-order valence-electron chi connectivity index (χ2n) is 8.28. The van der Waals surface area contributed by atoms with Crippen LogP contribution in [0.5, 0.6) is 5.75 Å². The Kier molecular flexibility index (Phi) is 5.84. The summed E-state index contributed by atoms with van der Waals surface area (Å²) in [6.07, 6.45) is 1.16. The van der Waals surface area contributed by atoms with E-state index < -0.39 is 18.1 Å². The van der Waals surface area contributed by atoms with Gasteiger partial charge in [0.2, 0.25) is 5.91 Å². The molecular weight excluding hydrogens is 416 g/mol. The van der Waals surface area contributed by atoms with Gasteiger partial charge in [-0.05, 0) is 48.4 Å². The molecule has 2 heterocycles. The second kappa shape index (κ2) is 9.08. The fourth-order valence-electron chi connectivity index (χ4n) is 4.48. The van der Waals surface area contributed by atoms with Gasteiger partial charge in [0.25, 0.3) is 5.91 Å². The van der Waals surface area contributed by atoms with Crippen LogP contribution in [-0.2, 0) is 14.4 Å². The summed E-state index contributed by atoms with van der Waals surface area (Å²) in [7, 11) is 0. The normalized spacial score (nSPS) is 22.0. The molecule has 5 rings (SSSR count). The standard InChI is InChI=1S/C27H26N2O4/c1-2-3-18-32-22-16-14-20(15-17-22)28-26(30)23-24(19-10-6-4-7-11-19)29(33-25(23)27(28)31)21-12-8-5-9-13-21/h4-17,23-25H,2-3,18H2,1H3/t23-,24-,25-/m0/s1. The molecule has 0 aromatic heterocycles. The number of hydroxylamine groups is 1. The Morgan fingerprint density at radius 1 is 0.818 bits per heavy atom. The van der Waals surface area contributed by atoms with E-state index in [0.717, 1.165) is 29.8 Å². The molecule has 2 aliphatic rings. The lowest BCUT2D eigenvalue weighted by Crippen LogP contribution is -2.37. The second-order valence-corrected chi connectivity index (χ2v) is 8.28. The molecule has 3 aromatic carbocycles. The predicted octanol–water partition coefficient (Wildman–Crippen LogP) is 4.92. The van der Waals surface area contributed by atoms with Crippen molar-refractivity contribution < 1.29 is 19.2 Å². The quantitative estimate of drug-likeness (QED) is 0.384. The molecule has 168 valence electrons. The highest BCUT2D eigenvalue weighted by Gasteiger charge is 2.60. The zero-order valence-corrected chi connectivity index (χ0v) is 18.5. The Balaban J connectivity index is 1.45. The smallest absolute Gasteiger partial charge is 0.266 e. The number of fused-ring (bicyclic) bond motifs is 1. The van der Waals surface area contributed by atoms with E-state index in [-0.39, 0.29) is 11.8 Å². The van der Waals surface area contributed by atoms with Gasteiger partial charge in [0.15, 0.2) is 6.10 Å². The molecule has 0 saturated carbocycles. The van der Waals surface area contributed by atoms with Crippen LogP contribution in [0, 0.1) is 5.92 Å². The van der Waals surface area contributed by atoms with Crippen molar-refractivity contribution in [2.24, 2.45) is 5.92 Å². The molecule has 0 N–H and O–H groups in total. The molecule has 33 heavy (non-hydrogen) atoms. The molecule has 0 unspecified atom stereocenters. The van der Waals surface area contributed by atoms with Gasteiger partial charge in [-0.2, -0.15) is 0 Å². The monoisotopic (exact) mass is 442 g/mol. The van der Waals surface area contributed by atoms with Crippen molar-refractivity contribution in [3.05, 3.63) is 90.5 Å². The lowest BCUT2D eigenvalue weighted by atomic mass is 9.90. The largest absolute Gasteiger partial charge is 0.494 e. The number of ether oxygens (including phenoxy) is 1. The summed E-state index contributed by atoms with van der Waals surface area (Å²) in [5, 5.41) is 1.71. The Labute approximate surface area is 193 Å². The molecule has 2 amide bonds. The van der Waals surface area contributed by atoms with Crippen molar-refractivity contribution >= 4 is 23.2 Å². The molecule has 6 heteroatoms. The van der Waals surface area contributed by atoms with E-state index in [1.807, 2.05) is 60.7 Å². The highest BCUT2D eigenvalue weighted by atomic mass is 16.7. The van der Waals surface area contributed by atoms with Crippen LogP contribution >= 0.6 is 0 Å². The third-order valence-electron chi connectivity index (χ3n) is 6.13. The average molecular weight is 443 g/mol. The summed E-state index contributed by atoms with van der Waals surface area (Å²) in [4.78, 5) is 34.4. The minimum Gasteiger partial charge on any atom is -0.494 e. The van der Waals surface area contributed by atoms with Gasteiger partial charge in [0.1, 0.15) is 11.7 Å². The first-order chi connectivity index (χ1) is 16.2. The van der Waals surface area contributed by atoms with Crippen LogP contribution in [0.2, 0.25) is 0 Å². The Morgan fingerprint density at radius 2 is 1.48 bits per heavy atom. The van der Waals surface area contributed by atoms with Crippen molar-refractivity contribution in [1.82, 2.24) is 0 Å². The predicted molar refractivity (Wildman–Crippen MR) is 126 cm³/mol. The van der Waals surface area contributed by atoms with Gasteiger partial charge in [-0.15, -0.1) is 0 Å². The molecule has 3 aromatic rings. The molecule has 0 spiro atoms. The summed E-state index contributed by atoms with van der Waals surface area (Å²) in [6, 6.07) is 26.0. The van der Waals surface area contributed by atoms with Crippen LogP contribution in [0.3, 0.4) is 0 Å². The number of nitrogens with zero attached hydrogens (tertiary/aromatic N) is 2. The molecule has 0 bridgehead atoms. The molecule has 2 saturated heterocycles. The maximum absolute atomic E-state index is 13.6. The lowest BCUT2D eigenvalue weighted by Gasteiger charge is -2.28. The van der Waals surface area contributed by atoms with Crippen molar-refractivity contribution in [1.29, 1.82) is 0 Å². The minimum absolute atomic E-state index is 0.253. The zero-order chi connectivity index (χ0) is 22.8. The lowest BCUT2D eigenvalue weighted by molar-refractivity contribution is -0.126. The van der Waals surface area contributed by atoms with Gasteiger partial charge in [-0.1, -0.05) is 61.9 Å². The zero-order valence-electron chi connectivity index (χ0n) is 18.5. The summed E-state index contributed by atoms with van der Waals surface area (Å²) < 4.78 is 5.71. The van der Waals surface area contributed by atoms with E-state index in [0.29, 0.717) is 12.3 Å². The van der Waals surface area contributed by atoms with Gasteiger partial charge in [0, 0.05) is 0 Å². The SMILES string of the molecule is CCCCOc1ccc(N2C(=O)[C@@H]3[C@H](ON(c4ccccc4)[C@H]3c3ccccc3)C2=O)cc1. The minimum atomic E-state index is -0.872. The number of carbonyl (C=O) groups is 2. The van der Waals surface area contributed by atoms with Crippen molar-refractivity contribution in [3.63, 3.8) is 0 Å². The first-order valence-corrected chi connectivity index (χ1v) is 11.4. The van der Waals surface area contributed by atoms with E-state index in [2.05, 4.69) is 6.92 Å². The summed E-state index contributed by atoms with van der Waals surface area (Å²) in [5.41, 5.74) is 2.27. The number of rotatable bonds is 7. The maximum Gasteiger partial charge on any atom is 0.266 e. The molecule has 2 fully saturated rings. The van der Waals surface area contributed by atoms with Crippen LogP contribution in [0.1, 0.15) is 31.4 Å². The third kappa shape index (κ3) is 3.87. The Morgan fingerprint density at radius 3 is 2.15 bits per heavy atom. The number of hydrogen-bond donors (Lipinski definition) is 0. The van der Waals surface area contributed by atoms with Gasteiger partial charge in [-0.3, -0.25) is 14.4 Å². The van der Waals surface area contributed by atoms with E-state index in [9.17, 15) is 9.59 Å². The molecule has 6 nitrogen and oxygen atoms in total. The average Bonchev–Trinajstić information content (AvgIpc) is 3.37. The van der Waals surface area contributed by atoms with Gasteiger partial charge in [0.05, 0.1) is 24.0 Å². The van der Waals surface area contributed by atoms with Gasteiger partial charge < -0.3 is 4.74 Å². The number of amides is 2. The number of anilines is 2. The third-order valence-corrected chi connectivity index (χ3v) is 6.13. The fraction of sp³-hybridized carbons (Fsp3) is 0.259. The number of imide groups is 1. The summed E-state index contributed by atoms with van der Waals surface area (Å²) in [5.74, 6) is -0.512. The highest BCUT2D eigenvalue weighted by Crippen LogP contribution is 2.47. The van der Waals surface area contributed by atoms with E-state index in [1.165, 1.54) is 4.90 Å². The molecular formula is C27H26N2O4. The number of unbranched alkanes of at least 4 members (excludes halogenated alkanes) is 1. The molecule has 3 atom stereocenters.